The number of likely N-dealkylation sites (tertiary alicyclic amines) is 1. The minimum Gasteiger partial charge on any atom is -0.390 e. The first-order chi connectivity index (χ1) is 7.44. The van der Waals surface area contributed by atoms with E-state index in [1.807, 2.05) is 6.92 Å². The van der Waals surface area contributed by atoms with Crippen LogP contribution in [0.3, 0.4) is 0 Å². The fourth-order valence-electron chi connectivity index (χ4n) is 2.04. The van der Waals surface area contributed by atoms with Crippen molar-refractivity contribution in [2.24, 2.45) is 5.84 Å². The van der Waals surface area contributed by atoms with E-state index < -0.39 is 5.60 Å². The summed E-state index contributed by atoms with van der Waals surface area (Å²) in [6, 6.07) is 0.369. The molecule has 0 aromatic heterocycles. The van der Waals surface area contributed by atoms with Crippen LogP contribution in [0.2, 0.25) is 0 Å². The zero-order valence-corrected chi connectivity index (χ0v) is 10.2. The molecule has 1 rings (SSSR count). The molecule has 1 unspecified atom stereocenters. The van der Waals surface area contributed by atoms with E-state index in [9.17, 15) is 9.90 Å². The molecule has 0 aromatic rings. The Bertz CT molecular complexity index is 233. The summed E-state index contributed by atoms with van der Waals surface area (Å²) in [6.07, 6.45) is 2.89. The van der Waals surface area contributed by atoms with Crippen molar-refractivity contribution in [1.29, 1.82) is 0 Å². The lowest BCUT2D eigenvalue weighted by molar-refractivity contribution is -0.121. The Hall–Kier alpha value is -0.650. The number of hydrazine groups is 1. The average Bonchev–Trinajstić information content (AvgIpc) is 2.25. The van der Waals surface area contributed by atoms with Crippen molar-refractivity contribution >= 4 is 5.91 Å². The van der Waals surface area contributed by atoms with Gasteiger partial charge in [-0.25, -0.2) is 5.84 Å². The molecule has 0 saturated carbocycles. The summed E-state index contributed by atoms with van der Waals surface area (Å²) in [7, 11) is 0. The predicted molar refractivity (Wildman–Crippen MR) is 62.5 cm³/mol. The highest BCUT2D eigenvalue weighted by Crippen LogP contribution is 2.23. The topological polar surface area (TPSA) is 78.6 Å². The highest BCUT2D eigenvalue weighted by Gasteiger charge is 2.29. The Morgan fingerprint density at radius 1 is 1.56 bits per heavy atom. The summed E-state index contributed by atoms with van der Waals surface area (Å²) < 4.78 is 0. The van der Waals surface area contributed by atoms with Gasteiger partial charge in [0, 0.05) is 25.6 Å². The Balaban J connectivity index is 2.28. The van der Waals surface area contributed by atoms with Crippen molar-refractivity contribution in [3.8, 4) is 0 Å². The maximum absolute atomic E-state index is 11.0. The van der Waals surface area contributed by atoms with Gasteiger partial charge in [0.15, 0.2) is 0 Å². The largest absolute Gasteiger partial charge is 0.390 e. The number of nitrogens with one attached hydrogen (secondary N) is 1. The van der Waals surface area contributed by atoms with Gasteiger partial charge in [-0.2, -0.15) is 0 Å². The zero-order chi connectivity index (χ0) is 12.2. The molecule has 1 saturated heterocycles. The van der Waals surface area contributed by atoms with Gasteiger partial charge >= 0.3 is 0 Å². The quantitative estimate of drug-likeness (QED) is 0.360. The van der Waals surface area contributed by atoms with Gasteiger partial charge in [-0.15, -0.1) is 0 Å². The van der Waals surface area contributed by atoms with E-state index in [2.05, 4.69) is 17.2 Å². The fourth-order valence-corrected chi connectivity index (χ4v) is 2.04. The van der Waals surface area contributed by atoms with Crippen LogP contribution in [-0.4, -0.2) is 40.6 Å². The lowest BCUT2D eigenvalue weighted by Crippen LogP contribution is -2.46. The van der Waals surface area contributed by atoms with Crippen molar-refractivity contribution in [2.75, 3.05) is 13.1 Å². The van der Waals surface area contributed by atoms with E-state index in [0.717, 1.165) is 32.4 Å². The Morgan fingerprint density at radius 2 is 2.12 bits per heavy atom. The summed E-state index contributed by atoms with van der Waals surface area (Å²) in [4.78, 5) is 13.3. The van der Waals surface area contributed by atoms with Crippen LogP contribution in [-0.2, 0) is 4.79 Å². The van der Waals surface area contributed by atoms with Crippen molar-refractivity contribution in [1.82, 2.24) is 10.3 Å². The van der Waals surface area contributed by atoms with Gasteiger partial charge in [-0.3, -0.25) is 10.2 Å². The second-order valence-electron chi connectivity index (χ2n) is 4.99. The molecule has 0 bridgehead atoms. The van der Waals surface area contributed by atoms with E-state index in [1.165, 1.54) is 0 Å². The Morgan fingerprint density at radius 3 is 2.62 bits per heavy atom. The number of aliphatic hydroxyl groups is 1. The molecule has 4 N–H and O–H groups in total. The number of hydrogen-bond acceptors (Lipinski definition) is 4. The summed E-state index contributed by atoms with van der Waals surface area (Å²) in [5.41, 5.74) is 1.63. The average molecular weight is 229 g/mol. The predicted octanol–water partition coefficient (Wildman–Crippen LogP) is -0.00820. The first kappa shape index (κ1) is 13.4. The third-order valence-corrected chi connectivity index (χ3v) is 3.45. The van der Waals surface area contributed by atoms with Crippen molar-refractivity contribution in [2.45, 2.75) is 51.2 Å². The number of nitrogens with two attached hydrogens (primary N) is 1. The molecule has 1 aliphatic heterocycles. The first-order valence-corrected chi connectivity index (χ1v) is 5.90. The maximum atomic E-state index is 11.0. The van der Waals surface area contributed by atoms with Crippen LogP contribution in [0, 0.1) is 0 Å². The summed E-state index contributed by atoms with van der Waals surface area (Å²) in [5.74, 6) is 4.91. The number of amides is 1. The number of nitrogens with zero attached hydrogens (tertiary/aromatic N) is 1. The van der Waals surface area contributed by atoms with Crippen molar-refractivity contribution in [3.05, 3.63) is 0 Å². The normalized spacial score (nSPS) is 22.8. The summed E-state index contributed by atoms with van der Waals surface area (Å²) >= 11 is 0. The van der Waals surface area contributed by atoms with Crippen LogP contribution in [0.4, 0.5) is 0 Å². The van der Waals surface area contributed by atoms with Crippen LogP contribution < -0.4 is 11.3 Å². The Labute approximate surface area is 97.0 Å². The van der Waals surface area contributed by atoms with E-state index in [-0.39, 0.29) is 5.91 Å². The van der Waals surface area contributed by atoms with E-state index in [4.69, 9.17) is 5.84 Å². The molecule has 0 spiro atoms. The highest BCUT2D eigenvalue weighted by molar-refractivity contribution is 5.75. The molecular weight excluding hydrogens is 206 g/mol. The smallest absolute Gasteiger partial charge is 0.233 e. The minimum absolute atomic E-state index is 0.115. The number of hydrogen-bond donors (Lipinski definition) is 3. The van der Waals surface area contributed by atoms with E-state index in [1.54, 1.807) is 0 Å². The standard InChI is InChI=1S/C11H23N3O2/c1-9(3-4-10(15)13-12)14-7-5-11(2,16)6-8-14/h9,16H,3-8,12H2,1-2H3,(H,13,15). The molecule has 1 aliphatic rings. The lowest BCUT2D eigenvalue weighted by atomic mass is 9.92. The van der Waals surface area contributed by atoms with Crippen molar-refractivity contribution < 1.29 is 9.90 Å². The van der Waals surface area contributed by atoms with Crippen LogP contribution in [0.15, 0.2) is 0 Å². The summed E-state index contributed by atoms with van der Waals surface area (Å²) in [5, 5.41) is 9.82. The monoisotopic (exact) mass is 229 g/mol. The molecule has 0 radical (unpaired) electrons. The highest BCUT2D eigenvalue weighted by atomic mass is 16.3. The number of rotatable bonds is 4. The minimum atomic E-state index is -0.509. The SMILES string of the molecule is CC(CCC(=O)NN)N1CCC(C)(O)CC1. The number of carbonyl (C=O) groups is 1. The molecule has 1 amide bonds. The summed E-state index contributed by atoms with van der Waals surface area (Å²) in [6.45, 7) is 5.80. The molecule has 1 fully saturated rings. The van der Waals surface area contributed by atoms with Gasteiger partial charge in [-0.1, -0.05) is 0 Å². The van der Waals surface area contributed by atoms with E-state index in [0.29, 0.717) is 12.5 Å². The molecule has 5 heteroatoms. The first-order valence-electron chi connectivity index (χ1n) is 5.90. The zero-order valence-electron chi connectivity index (χ0n) is 10.2. The van der Waals surface area contributed by atoms with Gasteiger partial charge in [0.05, 0.1) is 5.60 Å². The van der Waals surface area contributed by atoms with Gasteiger partial charge in [0.25, 0.3) is 0 Å². The second kappa shape index (κ2) is 5.61. The van der Waals surface area contributed by atoms with Crippen LogP contribution in [0.1, 0.15) is 39.5 Å². The lowest BCUT2D eigenvalue weighted by Gasteiger charge is -2.39. The van der Waals surface area contributed by atoms with Gasteiger partial charge in [0.1, 0.15) is 0 Å². The molecule has 1 heterocycles. The number of piperidine rings is 1. The third-order valence-electron chi connectivity index (χ3n) is 3.45. The molecule has 16 heavy (non-hydrogen) atoms. The maximum Gasteiger partial charge on any atom is 0.233 e. The molecule has 0 aromatic carbocycles. The number of carbonyl (C=O) groups excluding carboxylic acids is 1. The van der Waals surface area contributed by atoms with Gasteiger partial charge in [-0.05, 0) is 33.1 Å². The molecular formula is C11H23N3O2. The van der Waals surface area contributed by atoms with Crippen LogP contribution in [0.25, 0.3) is 0 Å². The second-order valence-corrected chi connectivity index (χ2v) is 4.99. The van der Waals surface area contributed by atoms with Gasteiger partial charge in [0.2, 0.25) is 5.91 Å². The Kier molecular flexibility index (Phi) is 4.70. The molecule has 5 nitrogen and oxygen atoms in total. The molecule has 94 valence electrons. The van der Waals surface area contributed by atoms with Crippen LogP contribution in [0.5, 0.6) is 0 Å². The van der Waals surface area contributed by atoms with E-state index >= 15 is 0 Å². The fraction of sp³-hybridized carbons (Fsp3) is 0.909. The van der Waals surface area contributed by atoms with Crippen LogP contribution >= 0.6 is 0 Å². The van der Waals surface area contributed by atoms with Crippen molar-refractivity contribution in [3.63, 3.8) is 0 Å². The third kappa shape index (κ3) is 4.08. The molecule has 1 atom stereocenters. The van der Waals surface area contributed by atoms with Gasteiger partial charge < -0.3 is 10.0 Å². The molecule has 0 aliphatic carbocycles.